The largest absolute Gasteiger partial charge is 0.487 e. The van der Waals surface area contributed by atoms with Crippen LogP contribution in [0, 0.1) is 17.6 Å². The van der Waals surface area contributed by atoms with Crippen molar-refractivity contribution in [2.24, 2.45) is 5.92 Å². The van der Waals surface area contributed by atoms with Gasteiger partial charge < -0.3 is 15.0 Å². The molecule has 3 heterocycles. The minimum absolute atomic E-state index is 0.0771. The molecule has 182 valence electrons. The molecule has 2 aromatic rings. The fourth-order valence-corrected chi connectivity index (χ4v) is 4.80. The van der Waals surface area contributed by atoms with Crippen LogP contribution in [0.3, 0.4) is 0 Å². The molecule has 3 fully saturated rings. The molecule has 7 nitrogen and oxygen atoms in total. The average molecular weight is 472 g/mol. The third-order valence-electron chi connectivity index (χ3n) is 7.39. The first-order valence-electron chi connectivity index (χ1n) is 12.1. The van der Waals surface area contributed by atoms with Crippen LogP contribution < -0.4 is 10.1 Å². The Morgan fingerprint density at radius 3 is 2.26 bits per heavy atom. The number of rotatable bonds is 6. The lowest BCUT2D eigenvalue weighted by atomic mass is 9.96. The first-order chi connectivity index (χ1) is 16.4. The summed E-state index contributed by atoms with van der Waals surface area (Å²) in [5.74, 6) is -1.71. The highest BCUT2D eigenvalue weighted by Crippen LogP contribution is 2.43. The molecule has 0 spiro atoms. The number of amides is 1. The number of carbonyl (C=O) groups excluding carboxylic acids is 1. The van der Waals surface area contributed by atoms with Crippen molar-refractivity contribution in [3.63, 3.8) is 0 Å². The Bertz CT molecular complexity index is 1010. The van der Waals surface area contributed by atoms with E-state index in [1.165, 1.54) is 37.4 Å². The summed E-state index contributed by atoms with van der Waals surface area (Å²) < 4.78 is 35.1. The van der Waals surface area contributed by atoms with Crippen LogP contribution in [0.15, 0.2) is 24.5 Å². The summed E-state index contributed by atoms with van der Waals surface area (Å²) in [6.07, 6.45) is 7.32. The van der Waals surface area contributed by atoms with Crippen LogP contribution in [0.2, 0.25) is 0 Å². The number of carbonyl (C=O) groups is 1. The molecule has 2 aliphatic heterocycles. The average Bonchev–Trinajstić information content (AvgIpc) is 3.62. The Hall–Kier alpha value is -2.65. The Labute approximate surface area is 198 Å². The molecule has 1 amide bonds. The fraction of sp³-hybridized carbons (Fsp3) is 0.560. The maximum Gasteiger partial charge on any atom is 0.291 e. The van der Waals surface area contributed by atoms with Gasteiger partial charge in [0.2, 0.25) is 5.82 Å². The molecule has 1 aliphatic carbocycles. The predicted molar refractivity (Wildman–Crippen MR) is 124 cm³/mol. The van der Waals surface area contributed by atoms with Gasteiger partial charge in [0, 0.05) is 49.7 Å². The van der Waals surface area contributed by atoms with E-state index >= 15 is 0 Å². The topological polar surface area (TPSA) is 70.6 Å². The lowest BCUT2D eigenvalue weighted by Gasteiger charge is -2.36. The van der Waals surface area contributed by atoms with Crippen molar-refractivity contribution in [2.75, 3.05) is 45.9 Å². The van der Waals surface area contributed by atoms with Crippen LogP contribution >= 0.6 is 0 Å². The van der Waals surface area contributed by atoms with E-state index < -0.39 is 11.6 Å². The number of hydrogen-bond acceptors (Lipinski definition) is 6. The van der Waals surface area contributed by atoms with Crippen molar-refractivity contribution in [3.05, 3.63) is 42.0 Å². The molecule has 5 rings (SSSR count). The van der Waals surface area contributed by atoms with Crippen LogP contribution in [0.5, 0.6) is 5.75 Å². The van der Waals surface area contributed by atoms with E-state index in [4.69, 9.17) is 4.74 Å². The van der Waals surface area contributed by atoms with Crippen molar-refractivity contribution in [1.29, 1.82) is 0 Å². The van der Waals surface area contributed by atoms with Gasteiger partial charge in [-0.05, 0) is 69.3 Å². The normalized spacial score (nSPS) is 20.9. The van der Waals surface area contributed by atoms with E-state index in [0.717, 1.165) is 39.0 Å². The van der Waals surface area contributed by atoms with E-state index in [1.54, 1.807) is 4.90 Å². The number of aromatic nitrogens is 2. The summed E-state index contributed by atoms with van der Waals surface area (Å²) >= 11 is 0. The summed E-state index contributed by atoms with van der Waals surface area (Å²) in [6.45, 7) is 7.30. The highest BCUT2D eigenvalue weighted by atomic mass is 19.1. The maximum absolute atomic E-state index is 14.7. The minimum Gasteiger partial charge on any atom is -0.487 e. The highest BCUT2D eigenvalue weighted by molar-refractivity contribution is 5.90. The molecule has 2 saturated heterocycles. The second-order valence-electron chi connectivity index (χ2n) is 9.84. The zero-order chi connectivity index (χ0) is 23.7. The predicted octanol–water partition coefficient (Wildman–Crippen LogP) is 3.11. The number of benzene rings is 1. The Kier molecular flexibility index (Phi) is 6.48. The van der Waals surface area contributed by atoms with Gasteiger partial charge in [0.05, 0.1) is 6.61 Å². The Morgan fingerprint density at radius 1 is 1.06 bits per heavy atom. The van der Waals surface area contributed by atoms with Gasteiger partial charge in [0.15, 0.2) is 17.4 Å². The molecule has 1 aromatic heterocycles. The Morgan fingerprint density at radius 2 is 1.68 bits per heavy atom. The van der Waals surface area contributed by atoms with Crippen LogP contribution in [0.4, 0.5) is 8.78 Å². The van der Waals surface area contributed by atoms with Gasteiger partial charge in [0.25, 0.3) is 5.91 Å². The van der Waals surface area contributed by atoms with Crippen molar-refractivity contribution >= 4 is 5.91 Å². The van der Waals surface area contributed by atoms with Gasteiger partial charge in [-0.1, -0.05) is 0 Å². The van der Waals surface area contributed by atoms with E-state index in [0.29, 0.717) is 42.3 Å². The number of ether oxygens (including phenoxy) is 1. The molecule has 0 radical (unpaired) electrons. The van der Waals surface area contributed by atoms with Crippen molar-refractivity contribution < 1.29 is 18.3 Å². The number of piperidine rings is 1. The smallest absolute Gasteiger partial charge is 0.291 e. The van der Waals surface area contributed by atoms with Gasteiger partial charge in [-0.15, -0.1) is 0 Å². The number of nitrogens with zero attached hydrogens (tertiary/aromatic N) is 4. The molecule has 3 aliphatic rings. The third kappa shape index (κ3) is 4.90. The second kappa shape index (κ2) is 9.54. The van der Waals surface area contributed by atoms with Gasteiger partial charge in [-0.25, -0.2) is 18.7 Å². The summed E-state index contributed by atoms with van der Waals surface area (Å²) in [5, 5.41) is 3.19. The molecular formula is C25H31F2N5O2. The second-order valence-corrected chi connectivity index (χ2v) is 9.84. The number of hydrogen-bond donors (Lipinski definition) is 1. The summed E-state index contributed by atoms with van der Waals surface area (Å²) in [7, 11) is 0. The summed E-state index contributed by atoms with van der Waals surface area (Å²) in [4.78, 5) is 25.0. The zero-order valence-corrected chi connectivity index (χ0v) is 19.5. The number of piperazine rings is 1. The fourth-order valence-electron chi connectivity index (χ4n) is 4.80. The van der Waals surface area contributed by atoms with Gasteiger partial charge in [-0.3, -0.25) is 9.69 Å². The first kappa shape index (κ1) is 23.1. The summed E-state index contributed by atoms with van der Waals surface area (Å²) in [5.41, 5.74) is 1.11. The lowest BCUT2D eigenvalue weighted by molar-refractivity contribution is 0.0723. The standard InChI is InChI=1S/C25H31F2N5O2/c1-25(4-5-25)32-8-2-17(3-9-32)16-34-22-20(26)12-18(13-21(22)27)19-14-29-23(30-15-19)24(33)31-10-6-28-7-11-31/h12-15,17,28H,2-11,16H2,1H3. The van der Waals surface area contributed by atoms with Crippen molar-refractivity contribution in [2.45, 2.75) is 38.1 Å². The number of halogens is 2. The van der Waals surface area contributed by atoms with Crippen molar-refractivity contribution in [3.8, 4) is 16.9 Å². The zero-order valence-electron chi connectivity index (χ0n) is 19.5. The van der Waals surface area contributed by atoms with Gasteiger partial charge in [0.1, 0.15) is 0 Å². The lowest BCUT2D eigenvalue weighted by Crippen LogP contribution is -2.46. The van der Waals surface area contributed by atoms with Crippen LogP contribution in [0.25, 0.3) is 11.1 Å². The monoisotopic (exact) mass is 471 g/mol. The third-order valence-corrected chi connectivity index (χ3v) is 7.39. The number of likely N-dealkylation sites (tertiary alicyclic amines) is 1. The molecule has 1 aromatic carbocycles. The van der Waals surface area contributed by atoms with Crippen LogP contribution in [0.1, 0.15) is 43.2 Å². The Balaban J connectivity index is 1.20. The van der Waals surface area contributed by atoms with Crippen LogP contribution in [-0.4, -0.2) is 77.1 Å². The quantitative estimate of drug-likeness (QED) is 0.698. The number of nitrogens with one attached hydrogen (secondary N) is 1. The first-order valence-corrected chi connectivity index (χ1v) is 12.1. The van der Waals surface area contributed by atoms with Crippen molar-refractivity contribution in [1.82, 2.24) is 25.1 Å². The summed E-state index contributed by atoms with van der Waals surface area (Å²) in [6, 6.07) is 2.46. The van der Waals surface area contributed by atoms with E-state index in [1.807, 2.05) is 0 Å². The van der Waals surface area contributed by atoms with Gasteiger partial charge in [-0.2, -0.15) is 0 Å². The molecule has 0 unspecified atom stereocenters. The molecule has 1 saturated carbocycles. The van der Waals surface area contributed by atoms with Crippen LogP contribution in [-0.2, 0) is 0 Å². The maximum atomic E-state index is 14.7. The molecule has 0 atom stereocenters. The van der Waals surface area contributed by atoms with E-state index in [9.17, 15) is 13.6 Å². The molecule has 9 heteroatoms. The molecule has 34 heavy (non-hydrogen) atoms. The highest BCUT2D eigenvalue weighted by Gasteiger charge is 2.44. The molecule has 0 bridgehead atoms. The SMILES string of the molecule is CC1(N2CCC(COc3c(F)cc(-c4cnc(C(=O)N5CCNCC5)nc4)cc3F)CC2)CC1. The van der Waals surface area contributed by atoms with Gasteiger partial charge >= 0.3 is 0 Å². The minimum atomic E-state index is -0.751. The molecular weight excluding hydrogens is 440 g/mol. The van der Waals surface area contributed by atoms with E-state index in [2.05, 4.69) is 27.1 Å². The van der Waals surface area contributed by atoms with E-state index in [-0.39, 0.29) is 17.5 Å². The molecule has 1 N–H and O–H groups in total.